The molecule has 3 aromatic rings. The molecule has 0 bridgehead atoms. The van der Waals surface area contributed by atoms with E-state index in [0.29, 0.717) is 11.3 Å². The molecule has 10 heteroatoms. The van der Waals surface area contributed by atoms with E-state index in [-0.39, 0.29) is 17.5 Å². The highest BCUT2D eigenvalue weighted by atomic mass is 35.6. The van der Waals surface area contributed by atoms with Crippen LogP contribution in [0.3, 0.4) is 0 Å². The van der Waals surface area contributed by atoms with Gasteiger partial charge >= 0.3 is 0 Å². The van der Waals surface area contributed by atoms with Crippen LogP contribution in [0.2, 0.25) is 0 Å². The molecule has 2 N–H and O–H groups in total. The van der Waals surface area contributed by atoms with Crippen LogP contribution < -0.4 is 5.73 Å². The summed E-state index contributed by atoms with van der Waals surface area (Å²) in [5.74, 6) is -0.0561. The second-order valence-corrected chi connectivity index (χ2v) is 10.1. The normalized spacial score (nSPS) is 12.2. The first-order valence-corrected chi connectivity index (χ1v) is 9.67. The summed E-state index contributed by atoms with van der Waals surface area (Å²) in [7, 11) is 0. The van der Waals surface area contributed by atoms with Gasteiger partial charge in [0.1, 0.15) is 0 Å². The Morgan fingerprint density at radius 1 is 0.556 bits per heavy atom. The Hall–Kier alpha value is -1.01. The Kier molecular flexibility index (Phi) is 5.97. The Bertz CT molecular complexity index is 915. The zero-order valence-corrected chi connectivity index (χ0v) is 17.8. The van der Waals surface area contributed by atoms with E-state index < -0.39 is 7.59 Å². The molecule has 27 heavy (non-hydrogen) atoms. The van der Waals surface area contributed by atoms with Crippen LogP contribution in [-0.2, 0) is 7.59 Å². The number of hydrogen-bond acceptors (Lipinski definition) is 4. The van der Waals surface area contributed by atoms with Crippen molar-refractivity contribution >= 4 is 75.3 Å². The Balaban J connectivity index is 2.04. The molecule has 0 fully saturated rings. The number of rotatable bonds is 2. The molecule has 4 nitrogen and oxygen atoms in total. The van der Waals surface area contributed by atoms with Gasteiger partial charge in [0, 0.05) is 11.3 Å². The third kappa shape index (κ3) is 5.08. The minimum Gasteiger partial charge on any atom is -0.399 e. The first-order chi connectivity index (χ1) is 12.5. The minimum absolute atomic E-state index is 0.138. The highest BCUT2D eigenvalue weighted by Gasteiger charge is 2.34. The van der Waals surface area contributed by atoms with Gasteiger partial charge in [0.25, 0.3) is 0 Å². The van der Waals surface area contributed by atoms with Crippen molar-refractivity contribution in [2.75, 3.05) is 5.73 Å². The summed E-state index contributed by atoms with van der Waals surface area (Å²) in [5, 5.41) is 0. The minimum atomic E-state index is -1.90. The zero-order valence-electron chi connectivity index (χ0n) is 13.3. The SMILES string of the molecule is Nc1ccc(-c2ccc(-c3nc(C(Cl)(Cl)Cl)nc(C(Cl)(Cl)Cl)n3)cc2)cc1. The van der Waals surface area contributed by atoms with Crippen molar-refractivity contribution in [1.29, 1.82) is 0 Å². The number of hydrogen-bond donors (Lipinski definition) is 1. The van der Waals surface area contributed by atoms with Gasteiger partial charge < -0.3 is 5.73 Å². The number of alkyl halides is 6. The fourth-order valence-electron chi connectivity index (χ4n) is 2.25. The lowest BCUT2D eigenvalue weighted by Crippen LogP contribution is -2.16. The van der Waals surface area contributed by atoms with Crippen molar-refractivity contribution in [2.24, 2.45) is 0 Å². The van der Waals surface area contributed by atoms with Crippen molar-refractivity contribution in [2.45, 2.75) is 7.59 Å². The van der Waals surface area contributed by atoms with Gasteiger partial charge in [-0.15, -0.1) is 0 Å². The molecule has 0 atom stereocenters. The first-order valence-electron chi connectivity index (χ1n) is 7.41. The van der Waals surface area contributed by atoms with Gasteiger partial charge in [0.05, 0.1) is 0 Å². The van der Waals surface area contributed by atoms with Gasteiger partial charge in [-0.05, 0) is 23.3 Å². The zero-order chi connectivity index (χ0) is 19.8. The fraction of sp³-hybridized carbons (Fsp3) is 0.118. The molecule has 0 aliphatic carbocycles. The number of nitrogens with two attached hydrogens (primary N) is 1. The van der Waals surface area contributed by atoms with Crippen LogP contribution in [0.5, 0.6) is 0 Å². The second kappa shape index (κ2) is 7.78. The lowest BCUT2D eigenvalue weighted by molar-refractivity contribution is 0.851. The van der Waals surface area contributed by atoms with Crippen molar-refractivity contribution in [1.82, 2.24) is 15.0 Å². The summed E-state index contributed by atoms with van der Waals surface area (Å²) in [5.41, 5.74) is 9.04. The molecule has 0 saturated heterocycles. The van der Waals surface area contributed by atoms with Crippen molar-refractivity contribution in [3.8, 4) is 22.5 Å². The van der Waals surface area contributed by atoms with Gasteiger partial charge in [-0.1, -0.05) is 106 Å². The molecule has 1 heterocycles. The van der Waals surface area contributed by atoms with E-state index in [2.05, 4.69) is 15.0 Å². The molecule has 0 amide bonds. The lowest BCUT2D eigenvalue weighted by atomic mass is 10.0. The van der Waals surface area contributed by atoms with Crippen LogP contribution in [0, 0.1) is 0 Å². The first kappa shape index (κ1) is 20.7. The highest BCUT2D eigenvalue weighted by molar-refractivity contribution is 6.67. The molecule has 0 radical (unpaired) electrons. The Labute approximate surface area is 185 Å². The van der Waals surface area contributed by atoms with Crippen LogP contribution in [0.1, 0.15) is 11.6 Å². The number of halogens is 6. The Morgan fingerprint density at radius 2 is 0.926 bits per heavy atom. The molecular formula is C17H10Cl6N4. The van der Waals surface area contributed by atoms with Crippen molar-refractivity contribution in [3.63, 3.8) is 0 Å². The van der Waals surface area contributed by atoms with E-state index in [4.69, 9.17) is 75.3 Å². The van der Waals surface area contributed by atoms with E-state index in [1.165, 1.54) is 0 Å². The van der Waals surface area contributed by atoms with Crippen molar-refractivity contribution in [3.05, 3.63) is 60.2 Å². The number of nitrogens with zero attached hydrogens (tertiary/aromatic N) is 3. The predicted molar refractivity (Wildman–Crippen MR) is 114 cm³/mol. The standard InChI is InChI=1S/C17H10Cl6N4/c18-16(19,20)14-25-13(26-15(27-14)17(21,22)23)11-3-1-9(2-4-11)10-5-7-12(24)8-6-10/h1-8H,24H2. The average molecular weight is 483 g/mol. The molecule has 0 aliphatic heterocycles. The summed E-state index contributed by atoms with van der Waals surface area (Å²) in [6.07, 6.45) is 0. The largest absolute Gasteiger partial charge is 0.399 e. The fourth-order valence-corrected chi connectivity index (χ4v) is 2.75. The molecule has 0 spiro atoms. The van der Waals surface area contributed by atoms with Gasteiger partial charge in [0.2, 0.25) is 7.59 Å². The number of aromatic nitrogens is 3. The van der Waals surface area contributed by atoms with Gasteiger partial charge in [-0.25, -0.2) is 15.0 Å². The molecule has 0 saturated carbocycles. The Morgan fingerprint density at radius 3 is 1.33 bits per heavy atom. The van der Waals surface area contributed by atoms with E-state index >= 15 is 0 Å². The van der Waals surface area contributed by atoms with Crippen LogP contribution in [0.4, 0.5) is 5.69 Å². The second-order valence-electron chi connectivity index (χ2n) is 5.50. The maximum Gasteiger partial charge on any atom is 0.250 e. The lowest BCUT2D eigenvalue weighted by Gasteiger charge is -2.15. The van der Waals surface area contributed by atoms with Crippen LogP contribution in [0.15, 0.2) is 48.5 Å². The molecule has 140 valence electrons. The monoisotopic (exact) mass is 480 g/mol. The smallest absolute Gasteiger partial charge is 0.250 e. The quantitative estimate of drug-likeness (QED) is 0.337. The van der Waals surface area contributed by atoms with E-state index in [0.717, 1.165) is 11.1 Å². The predicted octanol–water partition coefficient (Wildman–Crippen LogP) is 6.44. The maximum absolute atomic E-state index is 5.90. The summed E-state index contributed by atoms with van der Waals surface area (Å²) in [6, 6.07) is 14.9. The van der Waals surface area contributed by atoms with Crippen LogP contribution in [-0.4, -0.2) is 15.0 Å². The van der Waals surface area contributed by atoms with Gasteiger partial charge in [-0.2, -0.15) is 0 Å². The van der Waals surface area contributed by atoms with Gasteiger partial charge in [0.15, 0.2) is 17.5 Å². The van der Waals surface area contributed by atoms with Gasteiger partial charge in [-0.3, -0.25) is 0 Å². The maximum atomic E-state index is 5.90. The third-order valence-electron chi connectivity index (χ3n) is 3.53. The topological polar surface area (TPSA) is 64.7 Å². The molecule has 0 unspecified atom stereocenters. The average Bonchev–Trinajstić information content (AvgIpc) is 2.61. The highest BCUT2D eigenvalue weighted by Crippen LogP contribution is 2.40. The molecule has 0 aliphatic rings. The number of anilines is 1. The van der Waals surface area contributed by atoms with Crippen molar-refractivity contribution < 1.29 is 0 Å². The van der Waals surface area contributed by atoms with E-state index in [9.17, 15) is 0 Å². The van der Waals surface area contributed by atoms with Crippen LogP contribution in [0.25, 0.3) is 22.5 Å². The summed E-state index contributed by atoms with van der Waals surface area (Å²) < 4.78 is -3.79. The molecule has 1 aromatic heterocycles. The van der Waals surface area contributed by atoms with Crippen LogP contribution >= 0.6 is 69.6 Å². The summed E-state index contributed by atoms with van der Waals surface area (Å²) in [4.78, 5) is 12.3. The summed E-state index contributed by atoms with van der Waals surface area (Å²) in [6.45, 7) is 0. The number of benzene rings is 2. The molecular weight excluding hydrogens is 473 g/mol. The summed E-state index contributed by atoms with van der Waals surface area (Å²) >= 11 is 35.4. The number of nitrogen functional groups attached to an aromatic ring is 1. The molecule has 3 rings (SSSR count). The van der Waals surface area contributed by atoms with E-state index in [1.54, 1.807) is 0 Å². The third-order valence-corrected chi connectivity index (χ3v) is 4.54. The van der Waals surface area contributed by atoms with E-state index in [1.807, 2.05) is 48.5 Å². The molecule has 2 aromatic carbocycles.